The van der Waals surface area contributed by atoms with Crippen molar-refractivity contribution >= 4 is 17.5 Å². The Morgan fingerprint density at radius 3 is 2.42 bits per heavy atom. The fourth-order valence-electron chi connectivity index (χ4n) is 2.44. The summed E-state index contributed by atoms with van der Waals surface area (Å²) >= 11 is 5.87. The lowest BCUT2D eigenvalue weighted by Crippen LogP contribution is -2.87. The summed E-state index contributed by atoms with van der Waals surface area (Å²) in [6.45, 7) is 0.00770. The average Bonchev–Trinajstić information content (AvgIpc) is 2.61. The van der Waals surface area contributed by atoms with Crippen molar-refractivity contribution in [3.63, 3.8) is 0 Å². The van der Waals surface area contributed by atoms with E-state index in [0.29, 0.717) is 24.5 Å². The van der Waals surface area contributed by atoms with Gasteiger partial charge in [-0.2, -0.15) is 8.78 Å². The topological polar surface area (TPSA) is 54.9 Å². The Hall–Kier alpha value is -2.18. The Balaban J connectivity index is 1.67. The summed E-state index contributed by atoms with van der Waals surface area (Å²) in [5, 5.41) is 5.49. The van der Waals surface area contributed by atoms with Crippen molar-refractivity contribution in [3.05, 3.63) is 64.7 Å². The molecule has 2 aromatic carbocycles. The van der Waals surface area contributed by atoms with E-state index < -0.39 is 6.61 Å². The Morgan fingerprint density at radius 1 is 1.15 bits per heavy atom. The van der Waals surface area contributed by atoms with Gasteiger partial charge in [0.25, 0.3) is 5.91 Å². The summed E-state index contributed by atoms with van der Waals surface area (Å²) in [6, 6.07) is 14.1. The predicted molar refractivity (Wildman–Crippen MR) is 96.4 cm³/mol. The normalized spacial score (nSPS) is 12.0. The molecule has 2 rings (SSSR count). The van der Waals surface area contributed by atoms with Gasteiger partial charge in [-0.3, -0.25) is 4.79 Å². The third-order valence-electron chi connectivity index (χ3n) is 3.94. The molecule has 0 radical (unpaired) electrons. The molecular weight excluding hydrogens is 362 g/mol. The fourth-order valence-corrected chi connectivity index (χ4v) is 2.57. The van der Waals surface area contributed by atoms with Gasteiger partial charge in [0.05, 0.1) is 0 Å². The summed E-state index contributed by atoms with van der Waals surface area (Å²) in [5.74, 6) is 0.0713. The van der Waals surface area contributed by atoms with E-state index in [1.54, 1.807) is 12.1 Å². The molecule has 140 valence electrons. The second kappa shape index (κ2) is 10.1. The van der Waals surface area contributed by atoms with Gasteiger partial charge in [0, 0.05) is 17.1 Å². The molecule has 26 heavy (non-hydrogen) atoms. The molecule has 0 heterocycles. The van der Waals surface area contributed by atoms with Crippen LogP contribution in [-0.2, 0) is 11.2 Å². The minimum atomic E-state index is -2.83. The standard InChI is InChI=1S/C19H21ClF2N2O2/c1-13(15-4-6-16(20)7-5-15)24-12-18(25)23-11-10-14-2-8-17(9-3-14)26-19(21)22/h2-9,13,19,24H,10-12H2,1H3,(H,23,25)/p+1/t13-/m1/s1. The maximum Gasteiger partial charge on any atom is 0.387 e. The van der Waals surface area contributed by atoms with Crippen LogP contribution < -0.4 is 15.4 Å². The van der Waals surface area contributed by atoms with Gasteiger partial charge in [-0.1, -0.05) is 35.9 Å². The number of amides is 1. The quantitative estimate of drug-likeness (QED) is 0.699. The van der Waals surface area contributed by atoms with E-state index in [-0.39, 0.29) is 17.7 Å². The molecule has 0 aliphatic rings. The van der Waals surface area contributed by atoms with Crippen molar-refractivity contribution < 1.29 is 23.6 Å². The van der Waals surface area contributed by atoms with Gasteiger partial charge in [-0.25, -0.2) is 0 Å². The smallest absolute Gasteiger partial charge is 0.387 e. The lowest BCUT2D eigenvalue weighted by molar-refractivity contribution is -0.682. The van der Waals surface area contributed by atoms with Gasteiger partial charge in [0.15, 0.2) is 6.54 Å². The molecule has 0 unspecified atom stereocenters. The number of benzene rings is 2. The zero-order chi connectivity index (χ0) is 18.9. The van der Waals surface area contributed by atoms with Crippen molar-refractivity contribution in [2.45, 2.75) is 26.0 Å². The van der Waals surface area contributed by atoms with E-state index in [4.69, 9.17) is 11.6 Å². The van der Waals surface area contributed by atoms with Crippen LogP contribution in [-0.4, -0.2) is 25.6 Å². The highest BCUT2D eigenvalue weighted by Crippen LogP contribution is 2.15. The summed E-state index contributed by atoms with van der Waals surface area (Å²) < 4.78 is 28.5. The van der Waals surface area contributed by atoms with Gasteiger partial charge >= 0.3 is 6.61 Å². The maximum absolute atomic E-state index is 12.1. The lowest BCUT2D eigenvalue weighted by atomic mass is 10.1. The second-order valence-corrected chi connectivity index (χ2v) is 6.34. The number of hydrogen-bond acceptors (Lipinski definition) is 2. The predicted octanol–water partition coefficient (Wildman–Crippen LogP) is 2.92. The molecule has 7 heteroatoms. The van der Waals surface area contributed by atoms with E-state index in [1.807, 2.05) is 36.5 Å². The maximum atomic E-state index is 12.1. The zero-order valence-electron chi connectivity index (χ0n) is 14.4. The Labute approximate surface area is 156 Å². The molecule has 0 aliphatic heterocycles. The number of quaternary nitrogens is 1. The highest BCUT2D eigenvalue weighted by atomic mass is 35.5. The largest absolute Gasteiger partial charge is 0.435 e. The number of hydrogen-bond donors (Lipinski definition) is 2. The summed E-state index contributed by atoms with van der Waals surface area (Å²) in [4.78, 5) is 11.9. The van der Waals surface area contributed by atoms with Crippen LogP contribution in [0.3, 0.4) is 0 Å². The second-order valence-electron chi connectivity index (χ2n) is 5.90. The first-order valence-corrected chi connectivity index (χ1v) is 8.71. The Bertz CT molecular complexity index is 694. The SMILES string of the molecule is C[C@@H]([NH2+]CC(=O)NCCc1ccc(OC(F)F)cc1)c1ccc(Cl)cc1. The lowest BCUT2D eigenvalue weighted by Gasteiger charge is -2.11. The molecule has 3 N–H and O–H groups in total. The number of halogens is 3. The molecule has 0 aromatic heterocycles. The molecule has 0 aliphatic carbocycles. The number of ether oxygens (including phenoxy) is 1. The van der Waals surface area contributed by atoms with Crippen LogP contribution in [0.1, 0.15) is 24.1 Å². The first-order chi connectivity index (χ1) is 12.4. The van der Waals surface area contributed by atoms with Gasteiger partial charge < -0.3 is 15.4 Å². The van der Waals surface area contributed by atoms with Crippen molar-refractivity contribution in [3.8, 4) is 5.75 Å². The zero-order valence-corrected chi connectivity index (χ0v) is 15.2. The minimum Gasteiger partial charge on any atom is -0.435 e. The Kier molecular flexibility index (Phi) is 7.81. The summed E-state index contributed by atoms with van der Waals surface area (Å²) in [6.07, 6.45) is 0.618. The highest BCUT2D eigenvalue weighted by molar-refractivity contribution is 6.30. The van der Waals surface area contributed by atoms with Crippen LogP contribution in [0.2, 0.25) is 5.02 Å². The van der Waals surface area contributed by atoms with Gasteiger partial charge in [0.1, 0.15) is 11.8 Å². The number of carbonyl (C=O) groups excluding carboxylic acids is 1. The molecule has 0 bridgehead atoms. The van der Waals surface area contributed by atoms with E-state index in [9.17, 15) is 13.6 Å². The first kappa shape index (κ1) is 20.1. The van der Waals surface area contributed by atoms with Crippen LogP contribution >= 0.6 is 11.6 Å². The number of nitrogens with one attached hydrogen (secondary N) is 1. The first-order valence-electron chi connectivity index (χ1n) is 8.33. The Morgan fingerprint density at radius 2 is 1.81 bits per heavy atom. The molecule has 4 nitrogen and oxygen atoms in total. The molecular formula is C19H22ClF2N2O2+. The van der Waals surface area contributed by atoms with Crippen molar-refractivity contribution in [2.24, 2.45) is 0 Å². The summed E-state index contributed by atoms with van der Waals surface area (Å²) in [5.41, 5.74) is 2.04. The fraction of sp³-hybridized carbons (Fsp3) is 0.316. The van der Waals surface area contributed by atoms with Gasteiger partial charge in [0.2, 0.25) is 0 Å². The molecule has 0 spiro atoms. The molecule has 1 amide bonds. The third kappa shape index (κ3) is 6.98. The average molecular weight is 384 g/mol. The molecule has 0 fully saturated rings. The van der Waals surface area contributed by atoms with Crippen LogP contribution in [0, 0.1) is 0 Å². The highest BCUT2D eigenvalue weighted by Gasteiger charge is 2.11. The van der Waals surface area contributed by atoms with E-state index in [0.717, 1.165) is 11.1 Å². The van der Waals surface area contributed by atoms with E-state index in [1.165, 1.54) is 12.1 Å². The number of rotatable bonds is 9. The minimum absolute atomic E-state index is 0.0523. The van der Waals surface area contributed by atoms with Crippen molar-refractivity contribution in [1.82, 2.24) is 5.32 Å². The number of nitrogens with two attached hydrogens (primary N) is 1. The number of carbonyl (C=O) groups is 1. The summed E-state index contributed by atoms with van der Waals surface area (Å²) in [7, 11) is 0. The van der Waals surface area contributed by atoms with Crippen molar-refractivity contribution in [1.29, 1.82) is 0 Å². The van der Waals surface area contributed by atoms with E-state index in [2.05, 4.69) is 10.1 Å². The van der Waals surface area contributed by atoms with Crippen LogP contribution in [0.5, 0.6) is 5.75 Å². The van der Waals surface area contributed by atoms with E-state index >= 15 is 0 Å². The molecule has 2 aromatic rings. The van der Waals surface area contributed by atoms with Crippen LogP contribution in [0.4, 0.5) is 8.78 Å². The molecule has 0 saturated heterocycles. The van der Waals surface area contributed by atoms with Crippen LogP contribution in [0.25, 0.3) is 0 Å². The molecule has 0 saturated carbocycles. The van der Waals surface area contributed by atoms with Crippen LogP contribution in [0.15, 0.2) is 48.5 Å². The number of alkyl halides is 2. The monoisotopic (exact) mass is 383 g/mol. The molecule has 1 atom stereocenters. The van der Waals surface area contributed by atoms with Crippen molar-refractivity contribution in [2.75, 3.05) is 13.1 Å². The third-order valence-corrected chi connectivity index (χ3v) is 4.19. The van der Waals surface area contributed by atoms with Gasteiger partial charge in [-0.05, 0) is 43.2 Å². The van der Waals surface area contributed by atoms with Gasteiger partial charge in [-0.15, -0.1) is 0 Å².